The maximum atomic E-state index is 12.1. The second-order valence-corrected chi connectivity index (χ2v) is 41.5. The number of rotatable bonds is 24. The number of ketones is 12. The molecule has 130 heavy (non-hydrogen) atoms. The van der Waals surface area contributed by atoms with Crippen molar-refractivity contribution < 1.29 is 91.1 Å². The Morgan fingerprint density at radius 2 is 0.638 bits per heavy atom. The van der Waals surface area contributed by atoms with Crippen molar-refractivity contribution in [3.63, 3.8) is 0 Å². The number of hydrogen-bond donors (Lipinski definition) is 1. The van der Waals surface area contributed by atoms with Gasteiger partial charge in [-0.15, -0.1) is 0 Å². The largest absolute Gasteiger partial charge is 0.347 e. The monoisotopic (exact) mass is 1800 g/mol. The number of carbonyl (C=O) groups is 19. The van der Waals surface area contributed by atoms with E-state index in [-0.39, 0.29) is 102 Å². The van der Waals surface area contributed by atoms with Crippen molar-refractivity contribution in [1.82, 2.24) is 34.7 Å². The van der Waals surface area contributed by atoms with Crippen LogP contribution in [0.4, 0.5) is 0 Å². The molecule has 0 bridgehead atoms. The standard InChI is InChI=1S/C17H23NO3.C16H21NO3.C15H20N2O3.C14H18O2.C13H15NO3.C9H17NO2.C8H15NO2.C8H14O.C4H10/c1-17(2,3)11-14(19)10-12-6-8-13(9-7-12)15(20)16(21)18(4)5;1-16(2,3)10-13(18)11-7-6-8-12(9-11)14(19)15(20)17(4)5;1-15(2,3)16-13(19)11-8-6-10(7-9-11)12(18)14(20)17(4)5;1-10-5-7-11(8-6-10)13(16)12(15)9-14(2,3)4;1-9(15)7-10-5-4-6-11(8-10)12(16)13(17)14(2)3;1-9(2,3)6-7(11)8(12)10(4)5;1-8(2,3)6(10)7(11)9(4)5;1-5-7(9)6-8(2,3)4;1-4(2)3/h6-9H,10-11H2,1-5H3;6-9H,10H2,1-5H3;6-9H,1-5H3,(H,16,19);5-8H,9H2,1-4H3;4-6,8H,7H2,1-3H3;6H2,1-5H3;1-5H3;5H,1,6H2,2-4H3;4H,1-3H3. The average Bonchev–Trinajstić information content (AvgIpc) is 0.837. The van der Waals surface area contributed by atoms with E-state index in [1.807, 2.05) is 144 Å². The Hall–Kier alpha value is -11.8. The Labute approximate surface area is 775 Å². The number of aryl methyl sites for hydroxylation is 1. The molecule has 0 atom stereocenters. The minimum Gasteiger partial charge on any atom is -0.347 e. The van der Waals surface area contributed by atoms with Crippen LogP contribution >= 0.6 is 0 Å². The van der Waals surface area contributed by atoms with E-state index in [1.165, 1.54) is 115 Å². The first kappa shape index (κ1) is 124. The van der Waals surface area contributed by atoms with E-state index < -0.39 is 64.0 Å². The fraction of sp³-hybridized carbons (Fsp3) is 0.510. The van der Waals surface area contributed by atoms with E-state index in [4.69, 9.17) is 0 Å². The van der Waals surface area contributed by atoms with Crippen molar-refractivity contribution in [2.45, 2.75) is 231 Å². The molecule has 5 aromatic carbocycles. The van der Waals surface area contributed by atoms with Crippen LogP contribution in [0.3, 0.4) is 0 Å². The van der Waals surface area contributed by atoms with Crippen molar-refractivity contribution >= 4 is 111 Å². The lowest BCUT2D eigenvalue weighted by atomic mass is 9.87. The molecule has 0 saturated heterocycles. The third kappa shape index (κ3) is 57.2. The van der Waals surface area contributed by atoms with E-state index in [9.17, 15) is 91.1 Å². The Morgan fingerprint density at radius 3 is 0.954 bits per heavy atom. The molecule has 26 heteroatoms. The third-order valence-corrected chi connectivity index (χ3v) is 16.2. The van der Waals surface area contributed by atoms with Crippen LogP contribution in [0.25, 0.3) is 0 Å². The molecule has 5 rings (SSSR count). The fourth-order valence-corrected chi connectivity index (χ4v) is 10.0. The maximum Gasteiger partial charge on any atom is 0.294 e. The van der Waals surface area contributed by atoms with Crippen molar-refractivity contribution in [3.05, 3.63) is 190 Å². The van der Waals surface area contributed by atoms with Gasteiger partial charge in [-0.25, -0.2) is 0 Å². The van der Waals surface area contributed by atoms with E-state index in [1.54, 1.807) is 142 Å². The van der Waals surface area contributed by atoms with Gasteiger partial charge < -0.3 is 34.7 Å². The van der Waals surface area contributed by atoms with Gasteiger partial charge in [0.2, 0.25) is 46.3 Å². The third-order valence-electron chi connectivity index (χ3n) is 16.2. The Morgan fingerprint density at radius 1 is 0.331 bits per heavy atom. The number of allylic oxidation sites excluding steroid dienone is 1. The molecule has 1 N–H and O–H groups in total. The number of carbonyl (C=O) groups excluding carboxylic acids is 19. The normalized spacial score (nSPS) is 10.8. The Kier molecular flexibility index (Phi) is 54.2. The van der Waals surface area contributed by atoms with E-state index >= 15 is 0 Å². The van der Waals surface area contributed by atoms with Gasteiger partial charge in [0.25, 0.3) is 41.4 Å². The summed E-state index contributed by atoms with van der Waals surface area (Å²) in [7, 11) is 18.5. The van der Waals surface area contributed by atoms with Gasteiger partial charge in [0.05, 0.1) is 0 Å². The predicted molar refractivity (Wildman–Crippen MR) is 516 cm³/mol. The zero-order valence-electron chi connectivity index (χ0n) is 85.3. The average molecular weight is 1810 g/mol. The van der Waals surface area contributed by atoms with Crippen LogP contribution in [0.15, 0.2) is 134 Å². The van der Waals surface area contributed by atoms with E-state index in [0.717, 1.165) is 22.6 Å². The molecule has 0 spiro atoms. The summed E-state index contributed by atoms with van der Waals surface area (Å²) in [6.07, 6.45) is 4.12. The lowest BCUT2D eigenvalue weighted by Crippen LogP contribution is -2.40. The molecule has 0 unspecified atom stereocenters. The first-order valence-corrected chi connectivity index (χ1v) is 42.8. The summed E-state index contributed by atoms with van der Waals surface area (Å²) in [6, 6.07) is 32.8. The number of nitrogens with one attached hydrogen (secondary N) is 1. The summed E-state index contributed by atoms with van der Waals surface area (Å²) in [6.45, 7) is 54.0. The van der Waals surface area contributed by atoms with E-state index in [2.05, 4.69) is 32.7 Å². The van der Waals surface area contributed by atoms with Gasteiger partial charge in [0.1, 0.15) is 11.6 Å². The molecule has 0 heterocycles. The summed E-state index contributed by atoms with van der Waals surface area (Å²) in [5, 5.41) is 2.83. The van der Waals surface area contributed by atoms with Crippen LogP contribution < -0.4 is 5.32 Å². The molecule has 718 valence electrons. The molecule has 26 nitrogen and oxygen atoms in total. The summed E-state index contributed by atoms with van der Waals surface area (Å²) in [5.74, 6) is -5.84. The van der Waals surface area contributed by atoms with Crippen LogP contribution in [0.5, 0.6) is 0 Å². The quantitative estimate of drug-likeness (QED) is 0.0340. The zero-order valence-corrected chi connectivity index (χ0v) is 85.3. The molecule has 0 fully saturated rings. The van der Waals surface area contributed by atoms with Gasteiger partial charge in [-0.1, -0.05) is 255 Å². The lowest BCUT2D eigenvalue weighted by molar-refractivity contribution is -0.147. The number of hydrogen-bond acceptors (Lipinski definition) is 19. The highest BCUT2D eigenvalue weighted by atomic mass is 16.2. The molecule has 5 aromatic rings. The molecular formula is C104H153N7O19. The molecule has 0 aromatic heterocycles. The van der Waals surface area contributed by atoms with Crippen LogP contribution in [0, 0.1) is 45.3 Å². The highest BCUT2D eigenvalue weighted by Crippen LogP contribution is 2.26. The summed E-state index contributed by atoms with van der Waals surface area (Å²) < 4.78 is 0. The second kappa shape index (κ2) is 56.6. The van der Waals surface area contributed by atoms with Gasteiger partial charge >= 0.3 is 0 Å². The van der Waals surface area contributed by atoms with Crippen LogP contribution in [-0.2, 0) is 70.4 Å². The summed E-state index contributed by atoms with van der Waals surface area (Å²) in [4.78, 5) is 227. The second-order valence-electron chi connectivity index (χ2n) is 41.5. The summed E-state index contributed by atoms with van der Waals surface area (Å²) >= 11 is 0. The number of benzene rings is 5. The van der Waals surface area contributed by atoms with Gasteiger partial charge in [-0.05, 0) is 109 Å². The first-order valence-electron chi connectivity index (χ1n) is 42.8. The lowest BCUT2D eigenvalue weighted by Gasteiger charge is -2.20. The van der Waals surface area contributed by atoms with Gasteiger partial charge in [0, 0.05) is 179 Å². The maximum absolute atomic E-state index is 12.1. The smallest absolute Gasteiger partial charge is 0.294 e. The molecule has 0 radical (unpaired) electrons. The zero-order chi connectivity index (χ0) is 103. The van der Waals surface area contributed by atoms with Crippen LogP contribution in [-0.4, -0.2) is 230 Å². The SMILES string of the molecule is C=CC(=O)CC(C)(C)C.CC(=O)Cc1cccc(C(=O)C(=O)N(C)C)c1.CC(C)C.CN(C)C(=O)C(=O)C(C)(C)C.CN(C)C(=O)C(=O)CC(C)(C)C.CN(C)C(=O)C(=O)c1ccc(C(=O)NC(C)(C)C)cc1.CN(C)C(=O)C(=O)c1ccc(CC(=O)CC(C)(C)C)cc1.CN(C)C(=O)C(=O)c1cccc(C(=O)CC(C)(C)C)c1.Cc1ccc(C(=O)C(=O)CC(C)(C)C)cc1. The fourth-order valence-electron chi connectivity index (χ4n) is 10.0. The Balaban J connectivity index is -0.000000702. The molecule has 0 aliphatic rings. The molecule has 0 saturated carbocycles. The molecule has 7 amide bonds. The predicted octanol–water partition coefficient (Wildman–Crippen LogP) is 16.4. The van der Waals surface area contributed by atoms with Gasteiger partial charge in [-0.3, -0.25) is 91.1 Å². The minimum atomic E-state index is -0.597. The van der Waals surface area contributed by atoms with Gasteiger partial charge in [0.15, 0.2) is 11.6 Å². The topological polar surface area (TPSA) is 356 Å². The van der Waals surface area contributed by atoms with Crippen molar-refractivity contribution in [2.24, 2.45) is 38.4 Å². The Bertz CT molecular complexity index is 4700. The summed E-state index contributed by atoms with van der Waals surface area (Å²) in [5.41, 5.74) is 4.11. The highest BCUT2D eigenvalue weighted by molar-refractivity contribution is 6.45. The number of likely N-dealkylation sites (N-methyl/N-ethyl adjacent to an activating group) is 6. The van der Waals surface area contributed by atoms with Crippen molar-refractivity contribution in [2.75, 3.05) is 84.6 Å². The molecular weight excluding hydrogens is 1650 g/mol. The molecule has 0 aliphatic carbocycles. The van der Waals surface area contributed by atoms with Crippen molar-refractivity contribution in [1.29, 1.82) is 0 Å². The van der Waals surface area contributed by atoms with Gasteiger partial charge in [-0.2, -0.15) is 0 Å². The minimum absolute atomic E-state index is 0.0218. The first-order chi connectivity index (χ1) is 58.7. The molecule has 0 aliphatic heterocycles. The number of amides is 7. The highest BCUT2D eigenvalue weighted by Gasteiger charge is 2.31. The number of Topliss-reactive ketones (excluding diaryl/α,β-unsaturated/α-hetero) is 11. The van der Waals surface area contributed by atoms with Crippen molar-refractivity contribution in [3.8, 4) is 0 Å². The number of nitrogens with zero attached hydrogens (tertiary/aromatic N) is 6. The van der Waals surface area contributed by atoms with Crippen LogP contribution in [0.1, 0.15) is 294 Å². The van der Waals surface area contributed by atoms with E-state index in [0.29, 0.717) is 66.3 Å². The van der Waals surface area contributed by atoms with Crippen LogP contribution in [0.2, 0.25) is 0 Å².